The lowest BCUT2D eigenvalue weighted by Gasteiger charge is -2.37. The van der Waals surface area contributed by atoms with Gasteiger partial charge >= 0.3 is 0 Å². The molecule has 2 N–H and O–H groups in total. The summed E-state index contributed by atoms with van der Waals surface area (Å²) < 4.78 is 31.9. The van der Waals surface area contributed by atoms with Gasteiger partial charge in [-0.2, -0.15) is 4.39 Å². The number of likely N-dealkylation sites (N-methyl/N-ethyl adjacent to an activating group) is 1. The van der Waals surface area contributed by atoms with Crippen molar-refractivity contribution in [2.45, 2.75) is 24.8 Å². The monoisotopic (exact) mass is 553 g/mol. The second-order valence-electron chi connectivity index (χ2n) is 8.85. The molecule has 36 heavy (non-hydrogen) atoms. The lowest BCUT2D eigenvalue weighted by atomic mass is 10.2. The van der Waals surface area contributed by atoms with Gasteiger partial charge in [-0.25, -0.2) is 14.4 Å². The van der Waals surface area contributed by atoms with Crippen molar-refractivity contribution in [1.29, 1.82) is 0 Å². The lowest BCUT2D eigenvalue weighted by molar-refractivity contribution is 0.110. The first-order valence-electron chi connectivity index (χ1n) is 11.7. The summed E-state index contributed by atoms with van der Waals surface area (Å²) in [4.78, 5) is 15.1. The summed E-state index contributed by atoms with van der Waals surface area (Å²) in [6.45, 7) is 10.1. The molecule has 1 aliphatic rings. The summed E-state index contributed by atoms with van der Waals surface area (Å²) >= 11 is 8.99. The second kappa shape index (κ2) is 12.4. The number of rotatable bonds is 10. The molecular weight excluding hydrogens is 524 g/mol. The molecule has 7 nitrogen and oxygen atoms in total. The Labute approximate surface area is 224 Å². The van der Waals surface area contributed by atoms with E-state index in [1.165, 1.54) is 29.7 Å². The first kappa shape index (κ1) is 26.9. The summed E-state index contributed by atoms with van der Waals surface area (Å²) in [6.07, 6.45) is 3.07. The van der Waals surface area contributed by atoms with Crippen LogP contribution in [0.4, 0.5) is 31.0 Å². The Balaban J connectivity index is 1.42. The van der Waals surface area contributed by atoms with E-state index in [-0.39, 0.29) is 0 Å². The summed E-state index contributed by atoms with van der Waals surface area (Å²) in [5.74, 6) is -1.02. The number of nitrogens with zero attached hydrogens (tertiary/aromatic N) is 5. The molecule has 0 atom stereocenters. The van der Waals surface area contributed by atoms with Crippen molar-refractivity contribution in [2.75, 3.05) is 61.3 Å². The second-order valence-corrected chi connectivity index (χ2v) is 11.0. The van der Waals surface area contributed by atoms with E-state index in [0.717, 1.165) is 44.7 Å². The number of piperazine rings is 1. The molecule has 0 bridgehead atoms. The zero-order chi connectivity index (χ0) is 25.7. The average Bonchev–Trinajstić information content (AvgIpc) is 3.38. The minimum absolute atomic E-state index is 0.334. The maximum absolute atomic E-state index is 14.8. The maximum Gasteiger partial charge on any atom is 0.215 e. The fourth-order valence-electron chi connectivity index (χ4n) is 3.97. The Morgan fingerprint density at radius 3 is 2.61 bits per heavy atom. The van der Waals surface area contributed by atoms with E-state index in [1.807, 2.05) is 17.3 Å². The molecule has 4 rings (SSSR count). The third-order valence-electron chi connectivity index (χ3n) is 6.12. The molecule has 0 unspecified atom stereocenters. The van der Waals surface area contributed by atoms with E-state index < -0.39 is 11.8 Å². The first-order valence-corrected chi connectivity index (χ1v) is 13.8. The van der Waals surface area contributed by atoms with Crippen molar-refractivity contribution in [3.05, 3.63) is 52.8 Å². The van der Waals surface area contributed by atoms with Crippen molar-refractivity contribution in [3.63, 3.8) is 0 Å². The molecule has 3 heterocycles. The van der Waals surface area contributed by atoms with Crippen molar-refractivity contribution in [3.8, 4) is 0 Å². The average molecular weight is 554 g/mol. The van der Waals surface area contributed by atoms with Crippen LogP contribution in [0.1, 0.15) is 13.8 Å². The molecule has 1 saturated heterocycles. The van der Waals surface area contributed by atoms with Crippen LogP contribution < -0.4 is 14.9 Å². The number of halogens is 3. The molecule has 0 radical (unpaired) electrons. The lowest BCUT2D eigenvalue weighted by Crippen LogP contribution is -2.50. The zero-order valence-corrected chi connectivity index (χ0v) is 22.9. The Morgan fingerprint density at radius 1 is 1.14 bits per heavy atom. The number of thiazole rings is 1. The van der Waals surface area contributed by atoms with Crippen LogP contribution in [0.5, 0.6) is 0 Å². The molecule has 0 spiro atoms. The SMILES string of the molecule is CC(C)N1CCN(CCN(C)c2cc(F)ncc2Nc2cc(F)c(SNc3nccs3)cc2Cl)CC1. The van der Waals surface area contributed by atoms with Gasteiger partial charge in [0, 0.05) is 76.1 Å². The Morgan fingerprint density at radius 2 is 1.92 bits per heavy atom. The van der Waals surface area contributed by atoms with Crippen LogP contribution in [0.2, 0.25) is 5.02 Å². The number of aromatic nitrogens is 2. The van der Waals surface area contributed by atoms with Gasteiger partial charge < -0.3 is 14.9 Å². The van der Waals surface area contributed by atoms with Crippen LogP contribution in [-0.4, -0.2) is 72.1 Å². The van der Waals surface area contributed by atoms with Crippen LogP contribution in [0.15, 0.2) is 40.9 Å². The van der Waals surface area contributed by atoms with E-state index in [0.29, 0.717) is 44.7 Å². The van der Waals surface area contributed by atoms with Crippen LogP contribution >= 0.6 is 34.9 Å². The van der Waals surface area contributed by atoms with Gasteiger partial charge in [-0.05, 0) is 31.9 Å². The van der Waals surface area contributed by atoms with E-state index in [2.05, 4.69) is 43.7 Å². The molecular formula is C24H30ClF2N7S2. The normalized spacial score (nSPS) is 14.9. The predicted molar refractivity (Wildman–Crippen MR) is 147 cm³/mol. The van der Waals surface area contributed by atoms with Crippen LogP contribution in [0.25, 0.3) is 0 Å². The summed E-state index contributed by atoms with van der Waals surface area (Å²) in [5, 5.41) is 5.98. The predicted octanol–water partition coefficient (Wildman–Crippen LogP) is 5.79. The van der Waals surface area contributed by atoms with Crippen molar-refractivity contribution < 1.29 is 8.78 Å². The van der Waals surface area contributed by atoms with Crippen LogP contribution in [0, 0.1) is 11.8 Å². The number of anilines is 4. The van der Waals surface area contributed by atoms with E-state index in [1.54, 1.807) is 12.3 Å². The van der Waals surface area contributed by atoms with Gasteiger partial charge in [-0.1, -0.05) is 11.6 Å². The molecule has 0 amide bonds. The first-order chi connectivity index (χ1) is 17.3. The molecule has 0 saturated carbocycles. The summed E-state index contributed by atoms with van der Waals surface area (Å²) in [7, 11) is 1.91. The standard InChI is InChI=1S/C24H30ClF2N7S2/c1-16(2)34-9-7-33(8-10-34)6-5-32(3)21-14-23(27)29-15-20(21)30-19-13-18(26)22(12-17(19)25)36-31-24-28-4-11-35-24/h4,11-16,30H,5-10H2,1-3H3,(H,28,31). The summed E-state index contributed by atoms with van der Waals surface area (Å²) in [5.41, 5.74) is 1.55. The van der Waals surface area contributed by atoms with Crippen molar-refractivity contribution in [2.24, 2.45) is 0 Å². The third-order valence-corrected chi connectivity index (χ3v) is 8.08. The van der Waals surface area contributed by atoms with Gasteiger partial charge in [0.2, 0.25) is 5.95 Å². The highest BCUT2D eigenvalue weighted by Crippen LogP contribution is 2.36. The quantitative estimate of drug-likeness (QED) is 0.241. The highest BCUT2D eigenvalue weighted by molar-refractivity contribution is 8.00. The van der Waals surface area contributed by atoms with Gasteiger partial charge in [-0.3, -0.25) is 9.80 Å². The van der Waals surface area contributed by atoms with Gasteiger partial charge in [0.05, 0.1) is 33.2 Å². The molecule has 12 heteroatoms. The minimum atomic E-state index is -0.578. The Kier molecular flexibility index (Phi) is 9.24. The number of pyridine rings is 1. The highest BCUT2D eigenvalue weighted by atomic mass is 35.5. The minimum Gasteiger partial charge on any atom is -0.371 e. The highest BCUT2D eigenvalue weighted by Gasteiger charge is 2.20. The molecule has 194 valence electrons. The fourth-order valence-corrected chi connectivity index (χ4v) is 5.52. The van der Waals surface area contributed by atoms with Gasteiger partial charge in [0.15, 0.2) is 5.13 Å². The molecule has 1 aliphatic heterocycles. The number of hydrogen-bond donors (Lipinski definition) is 2. The van der Waals surface area contributed by atoms with Crippen LogP contribution in [0.3, 0.4) is 0 Å². The third kappa shape index (κ3) is 6.98. The summed E-state index contributed by atoms with van der Waals surface area (Å²) in [6, 6.07) is 4.81. The Hall–Kier alpha value is -2.18. The topological polar surface area (TPSA) is 59.6 Å². The molecule has 1 fully saturated rings. The van der Waals surface area contributed by atoms with E-state index >= 15 is 0 Å². The van der Waals surface area contributed by atoms with Gasteiger partial charge in [0.25, 0.3) is 0 Å². The molecule has 3 aromatic rings. The number of nitrogens with one attached hydrogen (secondary N) is 2. The fraction of sp³-hybridized carbons (Fsp3) is 0.417. The molecule has 2 aromatic heterocycles. The number of hydrogen-bond acceptors (Lipinski definition) is 9. The van der Waals surface area contributed by atoms with Gasteiger partial charge in [0.1, 0.15) is 5.82 Å². The Bertz CT molecular complexity index is 1140. The number of benzene rings is 1. The van der Waals surface area contributed by atoms with Gasteiger partial charge in [-0.15, -0.1) is 11.3 Å². The molecule has 1 aromatic carbocycles. The maximum atomic E-state index is 14.8. The van der Waals surface area contributed by atoms with Crippen molar-refractivity contribution in [1.82, 2.24) is 19.8 Å². The van der Waals surface area contributed by atoms with E-state index in [9.17, 15) is 8.78 Å². The smallest absolute Gasteiger partial charge is 0.215 e. The largest absolute Gasteiger partial charge is 0.371 e. The molecule has 0 aliphatic carbocycles. The van der Waals surface area contributed by atoms with E-state index in [4.69, 9.17) is 11.6 Å². The van der Waals surface area contributed by atoms with Crippen molar-refractivity contribution >= 4 is 57.1 Å². The van der Waals surface area contributed by atoms with Crippen LogP contribution in [-0.2, 0) is 0 Å². The zero-order valence-electron chi connectivity index (χ0n) is 20.5.